The zero-order valence-electron chi connectivity index (χ0n) is 5.22. The topological polar surface area (TPSA) is 12.9 Å². The third kappa shape index (κ3) is 0.727. The molecule has 1 aromatic heterocycles. The first kappa shape index (κ1) is 4.98. The van der Waals surface area contributed by atoms with Gasteiger partial charge in [0.15, 0.2) is 0 Å². The number of fused-ring (bicyclic) bond motifs is 1. The van der Waals surface area contributed by atoms with Crippen LogP contribution < -0.4 is 0 Å². The van der Waals surface area contributed by atoms with Crippen LogP contribution in [-0.4, -0.2) is 4.98 Å². The average molecular weight is 118 g/mol. The van der Waals surface area contributed by atoms with Crippen molar-refractivity contribution in [2.45, 2.75) is 19.3 Å². The van der Waals surface area contributed by atoms with Gasteiger partial charge in [0.1, 0.15) is 0 Å². The van der Waals surface area contributed by atoms with E-state index in [9.17, 15) is 0 Å². The highest BCUT2D eigenvalue weighted by Gasteiger charge is 2.09. The second kappa shape index (κ2) is 1.83. The van der Waals surface area contributed by atoms with E-state index in [0.29, 0.717) is 0 Å². The molecule has 9 heavy (non-hydrogen) atoms. The molecule has 1 heteroatoms. The van der Waals surface area contributed by atoms with Gasteiger partial charge in [-0.2, -0.15) is 0 Å². The molecule has 0 unspecified atom stereocenters. The van der Waals surface area contributed by atoms with E-state index in [2.05, 4.69) is 11.1 Å². The number of rotatable bonds is 0. The highest BCUT2D eigenvalue weighted by atomic mass is 14.7. The summed E-state index contributed by atoms with van der Waals surface area (Å²) in [6, 6.07) is 5.08. The summed E-state index contributed by atoms with van der Waals surface area (Å²) >= 11 is 0. The van der Waals surface area contributed by atoms with Crippen LogP contribution >= 0.6 is 0 Å². The monoisotopic (exact) mass is 118 g/mol. The Morgan fingerprint density at radius 3 is 3.33 bits per heavy atom. The maximum atomic E-state index is 4.23. The summed E-state index contributed by atoms with van der Waals surface area (Å²) in [5.41, 5.74) is 2.59. The summed E-state index contributed by atoms with van der Waals surface area (Å²) in [6.07, 6.45) is 5.43. The van der Waals surface area contributed by atoms with Gasteiger partial charge < -0.3 is 0 Å². The predicted octanol–water partition coefficient (Wildman–Crippen LogP) is 1.37. The molecule has 0 bridgehead atoms. The van der Waals surface area contributed by atoms with Crippen molar-refractivity contribution in [2.75, 3.05) is 0 Å². The third-order valence-electron chi connectivity index (χ3n) is 1.75. The molecule has 0 fully saturated rings. The average Bonchev–Trinajstić information content (AvgIpc) is 2.33. The fourth-order valence-corrected chi connectivity index (χ4v) is 1.29. The van der Waals surface area contributed by atoms with Gasteiger partial charge in [0.05, 0.1) is 0 Å². The van der Waals surface area contributed by atoms with Crippen molar-refractivity contribution in [3.8, 4) is 0 Å². The Kier molecular flexibility index (Phi) is 1.01. The molecule has 0 amide bonds. The van der Waals surface area contributed by atoms with Gasteiger partial charge in [-0.05, 0) is 37.0 Å². The quantitative estimate of drug-likeness (QED) is 0.501. The molecule has 1 radical (unpaired) electrons. The SMILES string of the molecule is [c]1ccnc2c1CCC2. The Hall–Kier alpha value is -0.850. The van der Waals surface area contributed by atoms with Crippen molar-refractivity contribution in [1.82, 2.24) is 4.98 Å². The molecule has 0 saturated carbocycles. The smallest absolute Gasteiger partial charge is 0.0441 e. The minimum absolute atomic E-state index is 1.16. The number of aromatic nitrogens is 1. The number of aryl methyl sites for hydroxylation is 2. The predicted molar refractivity (Wildman–Crippen MR) is 35.1 cm³/mol. The van der Waals surface area contributed by atoms with Gasteiger partial charge in [-0.1, -0.05) is 0 Å². The first-order valence-corrected chi connectivity index (χ1v) is 3.31. The lowest BCUT2D eigenvalue weighted by molar-refractivity contribution is 0.899. The van der Waals surface area contributed by atoms with Crippen molar-refractivity contribution in [3.63, 3.8) is 0 Å². The molecule has 1 aliphatic carbocycles. The Labute approximate surface area is 54.7 Å². The van der Waals surface area contributed by atoms with E-state index in [1.165, 1.54) is 24.1 Å². The number of hydrogen-bond acceptors (Lipinski definition) is 1. The lowest BCUT2D eigenvalue weighted by Gasteiger charge is -1.91. The Morgan fingerprint density at radius 1 is 1.44 bits per heavy atom. The Morgan fingerprint density at radius 2 is 2.44 bits per heavy atom. The second-order valence-corrected chi connectivity index (χ2v) is 2.37. The molecule has 0 aromatic carbocycles. The zero-order valence-corrected chi connectivity index (χ0v) is 5.22. The lowest BCUT2D eigenvalue weighted by Crippen LogP contribution is -1.84. The van der Waals surface area contributed by atoms with E-state index >= 15 is 0 Å². The van der Waals surface area contributed by atoms with Gasteiger partial charge in [0, 0.05) is 11.9 Å². The highest BCUT2D eigenvalue weighted by molar-refractivity contribution is 5.22. The zero-order chi connectivity index (χ0) is 6.10. The van der Waals surface area contributed by atoms with Crippen molar-refractivity contribution in [1.29, 1.82) is 0 Å². The van der Waals surface area contributed by atoms with Gasteiger partial charge in [0.2, 0.25) is 0 Å². The molecule has 45 valence electrons. The van der Waals surface area contributed by atoms with E-state index < -0.39 is 0 Å². The molecule has 0 saturated heterocycles. The maximum absolute atomic E-state index is 4.23. The fraction of sp³-hybridized carbons (Fsp3) is 0.375. The largest absolute Gasteiger partial charge is 0.261 e. The van der Waals surface area contributed by atoms with Crippen molar-refractivity contribution in [3.05, 3.63) is 29.6 Å². The molecule has 1 aromatic rings. The minimum Gasteiger partial charge on any atom is -0.261 e. The number of hydrogen-bond donors (Lipinski definition) is 0. The third-order valence-corrected chi connectivity index (χ3v) is 1.75. The van der Waals surface area contributed by atoms with Crippen molar-refractivity contribution >= 4 is 0 Å². The number of nitrogens with zero attached hydrogens (tertiary/aromatic N) is 1. The second-order valence-electron chi connectivity index (χ2n) is 2.37. The molecule has 1 nitrogen and oxygen atoms in total. The van der Waals surface area contributed by atoms with Crippen LogP contribution in [0.5, 0.6) is 0 Å². The van der Waals surface area contributed by atoms with Crippen LogP contribution in [0.1, 0.15) is 17.7 Å². The van der Waals surface area contributed by atoms with Gasteiger partial charge in [-0.25, -0.2) is 0 Å². The molecule has 0 atom stereocenters. The van der Waals surface area contributed by atoms with Crippen LogP contribution in [0.4, 0.5) is 0 Å². The minimum atomic E-state index is 1.16. The van der Waals surface area contributed by atoms with E-state index in [1.54, 1.807) is 0 Å². The molecule has 0 N–H and O–H groups in total. The molecular weight excluding hydrogens is 110 g/mol. The summed E-state index contributed by atoms with van der Waals surface area (Å²) in [4.78, 5) is 4.23. The summed E-state index contributed by atoms with van der Waals surface area (Å²) in [6.45, 7) is 0. The lowest BCUT2D eigenvalue weighted by atomic mass is 10.2. The normalized spacial score (nSPS) is 15.6. The Bertz CT molecular complexity index is 195. The van der Waals surface area contributed by atoms with Crippen molar-refractivity contribution in [2.24, 2.45) is 0 Å². The van der Waals surface area contributed by atoms with Gasteiger partial charge >= 0.3 is 0 Å². The van der Waals surface area contributed by atoms with Crippen LogP contribution in [-0.2, 0) is 12.8 Å². The van der Waals surface area contributed by atoms with Crippen LogP contribution in [0.3, 0.4) is 0 Å². The van der Waals surface area contributed by atoms with Gasteiger partial charge in [-0.15, -0.1) is 0 Å². The molecule has 0 spiro atoms. The summed E-state index contributed by atoms with van der Waals surface area (Å²) in [5, 5.41) is 0. The molecule has 1 aliphatic rings. The number of pyridine rings is 1. The standard InChI is InChI=1S/C8H8N/c1-3-7-4-2-6-9-8(7)5-1/h2,6H,1,3,5H2. The van der Waals surface area contributed by atoms with Crippen LogP contribution in [0.2, 0.25) is 0 Å². The molecule has 2 rings (SSSR count). The summed E-state index contributed by atoms with van der Waals surface area (Å²) in [5.74, 6) is 0. The van der Waals surface area contributed by atoms with E-state index in [0.717, 1.165) is 6.42 Å². The maximum Gasteiger partial charge on any atom is 0.0441 e. The van der Waals surface area contributed by atoms with Crippen molar-refractivity contribution < 1.29 is 0 Å². The Balaban J connectivity index is 2.54. The summed E-state index contributed by atoms with van der Waals surface area (Å²) < 4.78 is 0. The van der Waals surface area contributed by atoms with Crippen LogP contribution in [0.15, 0.2) is 12.3 Å². The first-order valence-electron chi connectivity index (χ1n) is 3.31. The molecule has 1 heterocycles. The fourth-order valence-electron chi connectivity index (χ4n) is 1.29. The van der Waals surface area contributed by atoms with Gasteiger partial charge in [-0.3, -0.25) is 4.98 Å². The van der Waals surface area contributed by atoms with Gasteiger partial charge in [0.25, 0.3) is 0 Å². The molecular formula is C8H8N. The highest BCUT2D eigenvalue weighted by Crippen LogP contribution is 2.17. The summed E-state index contributed by atoms with van der Waals surface area (Å²) in [7, 11) is 0. The van der Waals surface area contributed by atoms with E-state index in [-0.39, 0.29) is 0 Å². The van der Waals surface area contributed by atoms with Crippen LogP contribution in [0.25, 0.3) is 0 Å². The van der Waals surface area contributed by atoms with E-state index in [1.807, 2.05) is 12.3 Å². The van der Waals surface area contributed by atoms with Crippen LogP contribution in [0, 0.1) is 6.07 Å². The molecule has 0 aliphatic heterocycles. The van der Waals surface area contributed by atoms with E-state index in [4.69, 9.17) is 0 Å². The first-order chi connectivity index (χ1) is 4.47.